The van der Waals surface area contributed by atoms with Crippen LogP contribution in [-0.2, 0) is 9.59 Å². The van der Waals surface area contributed by atoms with Gasteiger partial charge in [0.2, 0.25) is 0 Å². The van der Waals surface area contributed by atoms with E-state index in [-0.39, 0.29) is 41.3 Å². The van der Waals surface area contributed by atoms with Crippen molar-refractivity contribution < 1.29 is 16.4 Å². The molecule has 1 aromatic carbocycles. The minimum absolute atomic E-state index is 0.0396. The Kier molecular flexibility index (Phi) is 1.99. The molecule has 2 aromatic rings. The van der Waals surface area contributed by atoms with Gasteiger partial charge in [-0.05, 0) is 25.4 Å². The standard InChI is InChI=1S/C15H15N3O3/c1-8-17-11-4-2-3-10(16)14(11)15(21)18(8)12-6-5-9(19)7-13(12)20/h2-4,12H,5-7,16H2,1H3/i1D3,4D,12D. The van der Waals surface area contributed by atoms with E-state index in [1.54, 1.807) is 0 Å². The van der Waals surface area contributed by atoms with Crippen LogP contribution in [0.1, 0.15) is 38.0 Å². The van der Waals surface area contributed by atoms with Gasteiger partial charge < -0.3 is 5.73 Å². The van der Waals surface area contributed by atoms with Crippen LogP contribution in [0.2, 0.25) is 0 Å². The highest BCUT2D eigenvalue weighted by Crippen LogP contribution is 2.24. The molecule has 0 aliphatic heterocycles. The average molecular weight is 290 g/mol. The molecule has 0 saturated heterocycles. The van der Waals surface area contributed by atoms with Crippen molar-refractivity contribution in [2.45, 2.75) is 32.1 Å². The van der Waals surface area contributed by atoms with Gasteiger partial charge in [-0.2, -0.15) is 0 Å². The number of hydrogen-bond donors (Lipinski definition) is 1. The van der Waals surface area contributed by atoms with E-state index in [4.69, 9.17) is 12.6 Å². The van der Waals surface area contributed by atoms with Crippen molar-refractivity contribution in [3.63, 3.8) is 0 Å². The number of nitrogens with zero attached hydrogens (tertiary/aromatic N) is 2. The second kappa shape index (κ2) is 4.80. The van der Waals surface area contributed by atoms with Gasteiger partial charge in [-0.25, -0.2) is 4.98 Å². The Hall–Kier alpha value is -2.50. The molecule has 0 amide bonds. The van der Waals surface area contributed by atoms with Gasteiger partial charge in [-0.3, -0.25) is 19.0 Å². The fourth-order valence-electron chi connectivity index (χ4n) is 2.43. The van der Waals surface area contributed by atoms with Gasteiger partial charge in [0.25, 0.3) is 5.56 Å². The Morgan fingerprint density at radius 1 is 1.52 bits per heavy atom. The Bertz CT molecular complexity index is 1010. The van der Waals surface area contributed by atoms with Gasteiger partial charge in [0.05, 0.1) is 26.1 Å². The first-order chi connectivity index (χ1) is 12.0. The number of fused-ring (bicyclic) bond motifs is 1. The minimum Gasteiger partial charge on any atom is -0.398 e. The van der Waals surface area contributed by atoms with Crippen LogP contribution in [0, 0.1) is 6.85 Å². The number of hydrogen-bond acceptors (Lipinski definition) is 5. The molecule has 1 aromatic heterocycles. The smallest absolute Gasteiger partial charge is 0.264 e. The maximum atomic E-state index is 13.1. The quantitative estimate of drug-likeness (QED) is 0.628. The third-order valence-corrected chi connectivity index (χ3v) is 3.45. The molecule has 108 valence electrons. The summed E-state index contributed by atoms with van der Waals surface area (Å²) in [7, 11) is 0. The first kappa shape index (κ1) is 8.71. The number of Topliss-reactive ketones (excluding diaryl/α,β-unsaturated/α-hetero) is 2. The van der Waals surface area contributed by atoms with Crippen molar-refractivity contribution in [3.05, 3.63) is 34.4 Å². The average Bonchev–Trinajstić information content (AvgIpc) is 2.53. The van der Waals surface area contributed by atoms with E-state index in [1.807, 2.05) is 0 Å². The summed E-state index contributed by atoms with van der Waals surface area (Å²) >= 11 is 0. The third-order valence-electron chi connectivity index (χ3n) is 3.45. The van der Waals surface area contributed by atoms with Crippen molar-refractivity contribution in [2.75, 3.05) is 5.73 Å². The molecule has 6 nitrogen and oxygen atoms in total. The number of anilines is 1. The lowest BCUT2D eigenvalue weighted by molar-refractivity contribution is -0.132. The highest BCUT2D eigenvalue weighted by molar-refractivity contribution is 6.03. The molecule has 1 heterocycles. The van der Waals surface area contributed by atoms with E-state index in [9.17, 15) is 14.4 Å². The van der Waals surface area contributed by atoms with E-state index in [0.29, 0.717) is 4.57 Å². The number of rotatable bonds is 1. The number of aromatic nitrogens is 2. The molecule has 1 saturated carbocycles. The second-order valence-corrected chi connectivity index (χ2v) is 4.82. The molecule has 0 radical (unpaired) electrons. The summed E-state index contributed by atoms with van der Waals surface area (Å²) < 4.78 is 39.9. The van der Waals surface area contributed by atoms with Crippen molar-refractivity contribution in [2.24, 2.45) is 0 Å². The Labute approximate surface area is 127 Å². The van der Waals surface area contributed by atoms with Crippen LogP contribution in [0.4, 0.5) is 5.69 Å². The summed E-state index contributed by atoms with van der Waals surface area (Å²) in [5.41, 5.74) is 4.58. The summed E-state index contributed by atoms with van der Waals surface area (Å²) in [6.07, 6.45) is -1.02. The summed E-state index contributed by atoms with van der Waals surface area (Å²) in [4.78, 5) is 40.9. The van der Waals surface area contributed by atoms with Gasteiger partial charge in [-0.1, -0.05) is 6.07 Å². The molecule has 1 aliphatic rings. The molecular weight excluding hydrogens is 270 g/mol. The van der Waals surface area contributed by atoms with Gasteiger partial charge in [-0.15, -0.1) is 0 Å². The maximum Gasteiger partial charge on any atom is 0.264 e. The fourth-order valence-corrected chi connectivity index (χ4v) is 2.43. The van der Waals surface area contributed by atoms with Crippen LogP contribution < -0.4 is 11.3 Å². The predicted molar refractivity (Wildman–Crippen MR) is 78.1 cm³/mol. The Morgan fingerprint density at radius 3 is 3.05 bits per heavy atom. The van der Waals surface area contributed by atoms with Gasteiger partial charge in [0.15, 0.2) is 5.78 Å². The second-order valence-electron chi connectivity index (χ2n) is 4.82. The SMILES string of the molecule is [2H]c1ccc(N)c2c(=O)n(C3([2H])CCC(=O)CC3=O)c(C([2H])([2H])[2H])nc12. The Morgan fingerprint density at radius 2 is 2.33 bits per heavy atom. The molecule has 1 unspecified atom stereocenters. The van der Waals surface area contributed by atoms with Gasteiger partial charge in [0.1, 0.15) is 11.6 Å². The zero-order chi connectivity index (χ0) is 19.4. The molecule has 2 N–H and O–H groups in total. The number of carbonyl (C=O) groups is 2. The maximum absolute atomic E-state index is 13.1. The van der Waals surface area contributed by atoms with Crippen molar-refractivity contribution in [1.29, 1.82) is 0 Å². The van der Waals surface area contributed by atoms with Crippen molar-refractivity contribution >= 4 is 28.2 Å². The summed E-state index contributed by atoms with van der Waals surface area (Å²) in [5.74, 6) is -2.02. The Balaban J connectivity index is 2.46. The molecule has 21 heavy (non-hydrogen) atoms. The third kappa shape index (κ3) is 2.12. The van der Waals surface area contributed by atoms with Crippen molar-refractivity contribution in [3.8, 4) is 0 Å². The number of carbonyl (C=O) groups excluding carboxylic acids is 2. The van der Waals surface area contributed by atoms with E-state index in [1.165, 1.54) is 12.1 Å². The molecule has 0 spiro atoms. The zero-order valence-corrected chi connectivity index (χ0v) is 11.0. The number of ketones is 2. The lowest BCUT2D eigenvalue weighted by atomic mass is 9.92. The molecule has 6 heteroatoms. The van der Waals surface area contributed by atoms with Crippen LogP contribution in [-0.4, -0.2) is 21.1 Å². The van der Waals surface area contributed by atoms with Gasteiger partial charge >= 0.3 is 0 Å². The first-order valence-corrected chi connectivity index (χ1v) is 6.34. The zero-order valence-electron chi connectivity index (χ0n) is 16.0. The van der Waals surface area contributed by atoms with Crippen LogP contribution >= 0.6 is 0 Å². The van der Waals surface area contributed by atoms with Crippen LogP contribution in [0.15, 0.2) is 23.0 Å². The summed E-state index contributed by atoms with van der Waals surface area (Å²) in [6, 6.07) is 0.114. The number of nitrogens with two attached hydrogens (primary N) is 1. The fraction of sp³-hybridized carbons (Fsp3) is 0.333. The van der Waals surface area contributed by atoms with Gasteiger partial charge in [0, 0.05) is 16.2 Å². The molecule has 1 aliphatic carbocycles. The van der Waals surface area contributed by atoms with E-state index >= 15 is 0 Å². The van der Waals surface area contributed by atoms with Crippen LogP contribution in [0.5, 0.6) is 0 Å². The monoisotopic (exact) mass is 290 g/mol. The summed E-state index contributed by atoms with van der Waals surface area (Å²) in [6.45, 7) is -2.92. The number of benzene rings is 1. The van der Waals surface area contributed by atoms with E-state index in [2.05, 4.69) is 4.98 Å². The lowest BCUT2D eigenvalue weighted by Crippen LogP contribution is -2.36. The number of aryl methyl sites for hydroxylation is 1. The highest BCUT2D eigenvalue weighted by Gasteiger charge is 2.30. The van der Waals surface area contributed by atoms with Crippen LogP contribution in [0.25, 0.3) is 10.9 Å². The van der Waals surface area contributed by atoms with E-state index in [0.717, 1.165) is 0 Å². The van der Waals surface area contributed by atoms with Crippen LogP contribution in [0.3, 0.4) is 0 Å². The van der Waals surface area contributed by atoms with Crippen molar-refractivity contribution in [1.82, 2.24) is 9.55 Å². The van der Waals surface area contributed by atoms with E-state index < -0.39 is 36.5 Å². The summed E-state index contributed by atoms with van der Waals surface area (Å²) in [5, 5.41) is -0.221. The topological polar surface area (TPSA) is 95.0 Å². The molecule has 0 bridgehead atoms. The molecular formula is C15H15N3O3. The first-order valence-electron chi connectivity index (χ1n) is 8.84. The molecule has 1 atom stereocenters. The predicted octanol–water partition coefficient (Wildman–Crippen LogP) is 1.15. The normalized spacial score (nSPS) is 26.8. The minimum atomic E-state index is -2.92. The molecule has 3 rings (SSSR count). The molecule has 1 fully saturated rings. The highest BCUT2D eigenvalue weighted by atomic mass is 16.2. The largest absolute Gasteiger partial charge is 0.398 e. The lowest BCUT2D eigenvalue weighted by Gasteiger charge is -2.24. The number of nitrogen functional groups attached to an aromatic ring is 1.